The Hall–Kier alpha value is -0.870. The van der Waals surface area contributed by atoms with Crippen molar-refractivity contribution in [2.75, 3.05) is 6.54 Å². The summed E-state index contributed by atoms with van der Waals surface area (Å²) in [5, 5.41) is 12.3. The van der Waals surface area contributed by atoms with Crippen molar-refractivity contribution in [3.8, 4) is 0 Å². The molecule has 1 aromatic rings. The maximum absolute atomic E-state index is 10.6. The molecule has 0 bridgehead atoms. The van der Waals surface area contributed by atoms with Gasteiger partial charge in [-0.05, 0) is 62.1 Å². The molecular formula is C15H21NO2S. The van der Waals surface area contributed by atoms with Crippen molar-refractivity contribution >= 4 is 17.3 Å². The van der Waals surface area contributed by atoms with Crippen LogP contribution in [-0.2, 0) is 17.8 Å². The SMILES string of the molecule is O=C(O)Cc1ccc(CNCC(C2CC2)C2CC2)s1. The molecule has 0 unspecified atom stereocenters. The van der Waals surface area contributed by atoms with Crippen LogP contribution in [0.5, 0.6) is 0 Å². The Bertz CT molecular complexity index is 437. The van der Waals surface area contributed by atoms with Gasteiger partial charge >= 0.3 is 5.97 Å². The third-order valence-electron chi connectivity index (χ3n) is 4.18. The second-order valence-electron chi connectivity index (χ2n) is 5.91. The van der Waals surface area contributed by atoms with Crippen molar-refractivity contribution in [2.45, 2.75) is 38.6 Å². The lowest BCUT2D eigenvalue weighted by Gasteiger charge is -2.15. The molecule has 2 aliphatic carbocycles. The monoisotopic (exact) mass is 279 g/mol. The Kier molecular flexibility index (Phi) is 3.89. The summed E-state index contributed by atoms with van der Waals surface area (Å²) in [5.41, 5.74) is 0. The van der Waals surface area contributed by atoms with Crippen LogP contribution in [0.3, 0.4) is 0 Å². The fourth-order valence-electron chi connectivity index (χ4n) is 2.89. The second-order valence-corrected chi connectivity index (χ2v) is 7.16. The maximum Gasteiger partial charge on any atom is 0.308 e. The Labute approximate surface area is 118 Å². The summed E-state index contributed by atoms with van der Waals surface area (Å²) in [7, 11) is 0. The lowest BCUT2D eigenvalue weighted by atomic mass is 9.98. The van der Waals surface area contributed by atoms with Gasteiger partial charge in [0.2, 0.25) is 0 Å². The first-order valence-corrected chi connectivity index (χ1v) is 8.04. The van der Waals surface area contributed by atoms with Crippen LogP contribution in [0.25, 0.3) is 0 Å². The first-order chi connectivity index (χ1) is 9.22. The van der Waals surface area contributed by atoms with E-state index in [1.165, 1.54) is 30.6 Å². The molecule has 0 saturated heterocycles. The summed E-state index contributed by atoms with van der Waals surface area (Å²) >= 11 is 1.62. The fraction of sp³-hybridized carbons (Fsp3) is 0.667. The van der Waals surface area contributed by atoms with Crippen molar-refractivity contribution in [1.29, 1.82) is 0 Å². The van der Waals surface area contributed by atoms with E-state index in [4.69, 9.17) is 5.11 Å². The highest BCUT2D eigenvalue weighted by molar-refractivity contribution is 7.12. The minimum atomic E-state index is -0.746. The standard InChI is InChI=1S/C15H21NO2S/c17-15(18)7-12-5-6-13(19-12)8-16-9-14(10-1-2-10)11-3-4-11/h5-6,10-11,14,16H,1-4,7-9H2,(H,17,18). The first kappa shape index (κ1) is 13.1. The van der Waals surface area contributed by atoms with Gasteiger partial charge in [-0.1, -0.05) is 0 Å². The van der Waals surface area contributed by atoms with E-state index in [1.807, 2.05) is 6.07 Å². The van der Waals surface area contributed by atoms with Crippen LogP contribution in [0, 0.1) is 17.8 Å². The molecule has 2 saturated carbocycles. The second kappa shape index (κ2) is 5.63. The smallest absolute Gasteiger partial charge is 0.308 e. The normalized spacial score (nSPS) is 19.0. The lowest BCUT2D eigenvalue weighted by Crippen LogP contribution is -2.24. The molecule has 19 heavy (non-hydrogen) atoms. The third-order valence-corrected chi connectivity index (χ3v) is 5.26. The van der Waals surface area contributed by atoms with Gasteiger partial charge in [-0.25, -0.2) is 0 Å². The Morgan fingerprint density at radius 2 is 1.89 bits per heavy atom. The van der Waals surface area contributed by atoms with Gasteiger partial charge < -0.3 is 10.4 Å². The van der Waals surface area contributed by atoms with E-state index in [-0.39, 0.29) is 6.42 Å². The third kappa shape index (κ3) is 3.80. The van der Waals surface area contributed by atoms with E-state index in [1.54, 1.807) is 11.3 Å². The molecule has 0 atom stereocenters. The van der Waals surface area contributed by atoms with Gasteiger partial charge in [0.1, 0.15) is 0 Å². The molecule has 3 rings (SSSR count). The molecule has 0 radical (unpaired) electrons. The van der Waals surface area contributed by atoms with E-state index < -0.39 is 5.97 Å². The van der Waals surface area contributed by atoms with E-state index >= 15 is 0 Å². The molecule has 2 fully saturated rings. The van der Waals surface area contributed by atoms with E-state index in [2.05, 4.69) is 11.4 Å². The molecule has 0 aromatic carbocycles. The zero-order chi connectivity index (χ0) is 13.2. The quantitative estimate of drug-likeness (QED) is 0.769. The topological polar surface area (TPSA) is 49.3 Å². The molecule has 1 aromatic heterocycles. The predicted molar refractivity (Wildman–Crippen MR) is 76.3 cm³/mol. The van der Waals surface area contributed by atoms with Crippen LogP contribution in [0.15, 0.2) is 12.1 Å². The average molecular weight is 279 g/mol. The molecule has 1 heterocycles. The Balaban J connectivity index is 1.43. The van der Waals surface area contributed by atoms with Gasteiger partial charge in [0.15, 0.2) is 0 Å². The van der Waals surface area contributed by atoms with Crippen LogP contribution >= 0.6 is 11.3 Å². The van der Waals surface area contributed by atoms with Gasteiger partial charge in [0.25, 0.3) is 0 Å². The van der Waals surface area contributed by atoms with Gasteiger partial charge in [-0.15, -0.1) is 11.3 Å². The van der Waals surface area contributed by atoms with Crippen LogP contribution < -0.4 is 5.32 Å². The van der Waals surface area contributed by atoms with Crippen molar-refractivity contribution < 1.29 is 9.90 Å². The van der Waals surface area contributed by atoms with Gasteiger partial charge in [-0.2, -0.15) is 0 Å². The number of hydrogen-bond acceptors (Lipinski definition) is 3. The molecule has 104 valence electrons. The molecular weight excluding hydrogens is 258 g/mol. The van der Waals surface area contributed by atoms with Crippen LogP contribution in [0.2, 0.25) is 0 Å². The zero-order valence-electron chi connectivity index (χ0n) is 11.1. The van der Waals surface area contributed by atoms with Crippen LogP contribution in [0.4, 0.5) is 0 Å². The zero-order valence-corrected chi connectivity index (χ0v) is 11.9. The molecule has 4 heteroatoms. The number of carboxylic acid groups (broad SMARTS) is 1. The number of carboxylic acids is 1. The number of hydrogen-bond donors (Lipinski definition) is 2. The van der Waals surface area contributed by atoms with Gasteiger partial charge in [0.05, 0.1) is 6.42 Å². The van der Waals surface area contributed by atoms with E-state index in [9.17, 15) is 4.79 Å². The number of thiophene rings is 1. The molecule has 3 nitrogen and oxygen atoms in total. The number of aliphatic carboxylic acids is 1. The number of rotatable bonds is 8. The summed E-state index contributed by atoms with van der Waals surface area (Å²) in [6.07, 6.45) is 5.89. The van der Waals surface area contributed by atoms with Crippen LogP contribution in [0.1, 0.15) is 35.4 Å². The fourth-order valence-corrected chi connectivity index (χ4v) is 3.87. The highest BCUT2D eigenvalue weighted by Gasteiger charge is 2.40. The molecule has 2 N–H and O–H groups in total. The minimum Gasteiger partial charge on any atom is -0.481 e. The summed E-state index contributed by atoms with van der Waals surface area (Å²) in [6, 6.07) is 3.99. The van der Waals surface area contributed by atoms with E-state index in [0.29, 0.717) is 0 Å². The molecule has 2 aliphatic rings. The van der Waals surface area contributed by atoms with Crippen molar-refractivity contribution in [3.05, 3.63) is 21.9 Å². The Morgan fingerprint density at radius 3 is 2.47 bits per heavy atom. The van der Waals surface area contributed by atoms with Gasteiger partial charge in [-0.3, -0.25) is 4.79 Å². The highest BCUT2D eigenvalue weighted by Crippen LogP contribution is 2.48. The summed E-state index contributed by atoms with van der Waals surface area (Å²) in [4.78, 5) is 12.8. The average Bonchev–Trinajstić information content (AvgIpc) is 3.25. The van der Waals surface area contributed by atoms with Crippen molar-refractivity contribution in [3.63, 3.8) is 0 Å². The summed E-state index contributed by atoms with van der Waals surface area (Å²) in [6.45, 7) is 2.03. The van der Waals surface area contributed by atoms with Gasteiger partial charge in [0, 0.05) is 16.3 Å². The minimum absolute atomic E-state index is 0.150. The first-order valence-electron chi connectivity index (χ1n) is 7.22. The van der Waals surface area contributed by atoms with Crippen molar-refractivity contribution in [2.24, 2.45) is 17.8 Å². The highest BCUT2D eigenvalue weighted by atomic mass is 32.1. The van der Waals surface area contributed by atoms with E-state index in [0.717, 1.165) is 35.7 Å². The summed E-state index contributed by atoms with van der Waals surface area (Å²) in [5.74, 6) is 2.14. The molecule has 0 amide bonds. The lowest BCUT2D eigenvalue weighted by molar-refractivity contribution is -0.136. The van der Waals surface area contributed by atoms with Crippen molar-refractivity contribution in [1.82, 2.24) is 5.32 Å². The number of carbonyl (C=O) groups is 1. The number of nitrogens with one attached hydrogen (secondary N) is 1. The molecule has 0 spiro atoms. The molecule has 0 aliphatic heterocycles. The van der Waals surface area contributed by atoms with Crippen LogP contribution in [-0.4, -0.2) is 17.6 Å². The Morgan fingerprint density at radius 1 is 1.26 bits per heavy atom. The predicted octanol–water partition coefficient (Wildman–Crippen LogP) is 2.90. The maximum atomic E-state index is 10.6. The largest absolute Gasteiger partial charge is 0.481 e. The summed E-state index contributed by atoms with van der Waals surface area (Å²) < 4.78 is 0.